The number of hydrogen-bond acceptors (Lipinski definition) is 4. The summed E-state index contributed by atoms with van der Waals surface area (Å²) >= 11 is 0. The highest BCUT2D eigenvalue weighted by Gasteiger charge is 2.26. The number of benzene rings is 6. The molecule has 0 aliphatic carbocycles. The second-order valence-electron chi connectivity index (χ2n) is 9.32. The van der Waals surface area contributed by atoms with Gasteiger partial charge in [0.25, 0.3) is 0 Å². The quantitative estimate of drug-likeness (QED) is 0.153. The van der Waals surface area contributed by atoms with Gasteiger partial charge in [-0.2, -0.15) is 0 Å². The van der Waals surface area contributed by atoms with Gasteiger partial charge in [0, 0.05) is 44.4 Å². The molecule has 0 aromatic heterocycles. The number of anilines is 2. The number of nitrogens with two attached hydrogens (primary N) is 2. The minimum atomic E-state index is 0.747. The lowest BCUT2D eigenvalue weighted by Gasteiger charge is -2.22. The zero-order valence-electron chi connectivity index (χ0n) is 19.2. The summed E-state index contributed by atoms with van der Waals surface area (Å²) in [6.45, 7) is 0. The molecule has 0 saturated heterocycles. The van der Waals surface area contributed by atoms with Gasteiger partial charge in [0.15, 0.2) is 0 Å². The normalized spacial score (nSPS) is 12.1. The molecule has 4 N–H and O–H groups in total. The van der Waals surface area contributed by atoms with Gasteiger partial charge in [0.2, 0.25) is 0 Å². The van der Waals surface area contributed by atoms with Crippen molar-refractivity contribution in [2.75, 3.05) is 11.5 Å². The lowest BCUT2D eigenvalue weighted by Crippen LogP contribution is -1.97. The van der Waals surface area contributed by atoms with Crippen LogP contribution >= 0.6 is 0 Å². The predicted octanol–water partition coefficient (Wildman–Crippen LogP) is 8.53. The van der Waals surface area contributed by atoms with Crippen LogP contribution in [0.25, 0.3) is 77.3 Å². The van der Waals surface area contributed by atoms with Gasteiger partial charge in [0.05, 0.1) is 0 Å². The van der Waals surface area contributed by atoms with E-state index in [1.54, 1.807) is 0 Å². The zero-order valence-corrected chi connectivity index (χ0v) is 19.2. The molecule has 0 bridgehead atoms. The molecule has 0 fully saturated rings. The molecule has 0 spiro atoms. The van der Waals surface area contributed by atoms with Gasteiger partial charge in [-0.25, -0.2) is 0 Å². The van der Waals surface area contributed by atoms with Crippen LogP contribution < -0.4 is 11.5 Å². The van der Waals surface area contributed by atoms with Crippen LogP contribution in [0.5, 0.6) is 0 Å². The van der Waals surface area contributed by atoms with Crippen LogP contribution in [0.3, 0.4) is 0 Å². The molecule has 0 radical (unpaired) electrons. The van der Waals surface area contributed by atoms with Crippen LogP contribution in [0.2, 0.25) is 0 Å². The zero-order chi connectivity index (χ0) is 24.0. The summed E-state index contributed by atoms with van der Waals surface area (Å²) in [6, 6.07) is 32.5. The number of hydrogen-bond donors (Lipinski definition) is 2. The Morgan fingerprint density at radius 1 is 0.389 bits per heavy atom. The van der Waals surface area contributed by atoms with Gasteiger partial charge < -0.3 is 20.3 Å². The van der Waals surface area contributed by atoms with Crippen LogP contribution in [0.1, 0.15) is 0 Å². The Bertz CT molecular complexity index is 1930. The van der Waals surface area contributed by atoms with E-state index in [-0.39, 0.29) is 0 Å². The summed E-state index contributed by atoms with van der Waals surface area (Å²) in [7, 11) is 0. The largest absolute Gasteiger partial charge is 0.456 e. The number of rotatable bonds is 2. The summed E-state index contributed by atoms with van der Waals surface area (Å²) in [5, 5.41) is 4.26. The molecule has 36 heavy (non-hydrogen) atoms. The van der Waals surface area contributed by atoms with Gasteiger partial charge in [-0.1, -0.05) is 36.4 Å². The Balaban J connectivity index is 1.54. The second-order valence-corrected chi connectivity index (χ2v) is 9.32. The molecule has 2 aliphatic rings. The lowest BCUT2D eigenvalue weighted by molar-refractivity contribution is 0.646. The molecule has 0 saturated carbocycles. The minimum Gasteiger partial charge on any atom is -0.456 e. The third kappa shape index (κ3) is 2.42. The van der Waals surface area contributed by atoms with E-state index in [0.29, 0.717) is 0 Å². The van der Waals surface area contributed by atoms with Crippen molar-refractivity contribution in [2.45, 2.75) is 0 Å². The first-order valence-electron chi connectivity index (χ1n) is 11.9. The van der Waals surface area contributed by atoms with Gasteiger partial charge in [0.1, 0.15) is 22.3 Å². The summed E-state index contributed by atoms with van der Waals surface area (Å²) in [6.07, 6.45) is 0. The van der Waals surface area contributed by atoms with Crippen molar-refractivity contribution in [3.05, 3.63) is 97.1 Å². The van der Waals surface area contributed by atoms with Crippen LogP contribution in [-0.2, 0) is 0 Å². The van der Waals surface area contributed by atoms with E-state index in [9.17, 15) is 0 Å². The highest BCUT2D eigenvalue weighted by Crippen LogP contribution is 2.51. The van der Waals surface area contributed by atoms with Crippen LogP contribution in [0, 0.1) is 0 Å². The maximum Gasteiger partial charge on any atom is 0.136 e. The van der Waals surface area contributed by atoms with E-state index in [1.165, 1.54) is 0 Å². The fourth-order valence-corrected chi connectivity index (χ4v) is 5.82. The Kier molecular flexibility index (Phi) is 3.66. The highest BCUT2D eigenvalue weighted by molar-refractivity contribution is 6.26. The topological polar surface area (TPSA) is 78.3 Å². The van der Waals surface area contributed by atoms with Crippen molar-refractivity contribution in [1.29, 1.82) is 0 Å². The van der Waals surface area contributed by atoms with Crippen molar-refractivity contribution in [3.8, 4) is 33.4 Å². The fourth-order valence-electron chi connectivity index (χ4n) is 5.82. The van der Waals surface area contributed by atoms with E-state index < -0.39 is 0 Å². The Labute approximate surface area is 206 Å². The maximum absolute atomic E-state index is 6.52. The highest BCUT2D eigenvalue weighted by atomic mass is 16.3. The molecule has 4 nitrogen and oxygen atoms in total. The molecule has 6 aromatic carbocycles. The molecule has 0 amide bonds. The standard InChI is InChI=1S/C32H20N2O2/c33-23-7-3-1-5-19(23)17-9-13-25-29-21(17)11-15-27-31(29)32-28(35-25)16-12-22-18(10-14-26(36-27)30(22)32)20-6-2-4-8-24(20)34/h1-16H,33-34H2. The average Bonchev–Trinajstić information content (AvgIpc) is 2.91. The van der Waals surface area contributed by atoms with Gasteiger partial charge >= 0.3 is 0 Å². The van der Waals surface area contributed by atoms with Crippen molar-refractivity contribution in [1.82, 2.24) is 0 Å². The third-order valence-electron chi connectivity index (χ3n) is 7.40. The Morgan fingerprint density at radius 2 is 0.806 bits per heavy atom. The van der Waals surface area contributed by atoms with Crippen molar-refractivity contribution >= 4 is 55.3 Å². The average molecular weight is 465 g/mol. The van der Waals surface area contributed by atoms with Gasteiger partial charge in [-0.15, -0.1) is 0 Å². The monoisotopic (exact) mass is 464 g/mol. The molecule has 2 heterocycles. The molecule has 8 rings (SSSR count). The van der Waals surface area contributed by atoms with E-state index in [2.05, 4.69) is 48.5 Å². The SMILES string of the molecule is Nc1ccccc1-c1ccc2oc3ccc4c(-c5ccccc5N)ccc5oc6ccc1c2c6-c3c54. The molecular formula is C32H20N2O2. The van der Waals surface area contributed by atoms with Gasteiger partial charge in [-0.3, -0.25) is 0 Å². The molecule has 2 aliphatic heterocycles. The van der Waals surface area contributed by atoms with E-state index in [4.69, 9.17) is 20.3 Å². The minimum absolute atomic E-state index is 0.747. The maximum atomic E-state index is 6.52. The van der Waals surface area contributed by atoms with E-state index >= 15 is 0 Å². The first-order valence-corrected chi connectivity index (χ1v) is 11.9. The molecule has 170 valence electrons. The van der Waals surface area contributed by atoms with E-state index in [1.807, 2.05) is 48.5 Å². The van der Waals surface area contributed by atoms with Crippen LogP contribution in [-0.4, -0.2) is 0 Å². The molecule has 0 unspecified atom stereocenters. The molecule has 0 atom stereocenters. The first kappa shape index (κ1) is 19.4. The smallest absolute Gasteiger partial charge is 0.136 e. The van der Waals surface area contributed by atoms with Crippen LogP contribution in [0.4, 0.5) is 11.4 Å². The van der Waals surface area contributed by atoms with E-state index in [0.717, 1.165) is 88.6 Å². The lowest BCUT2D eigenvalue weighted by atomic mass is 9.86. The third-order valence-corrected chi connectivity index (χ3v) is 7.40. The van der Waals surface area contributed by atoms with Crippen molar-refractivity contribution in [2.24, 2.45) is 0 Å². The Hall–Kier alpha value is -4.96. The molecule has 4 heteroatoms. The van der Waals surface area contributed by atoms with Crippen LogP contribution in [0.15, 0.2) is 106 Å². The summed E-state index contributed by atoms with van der Waals surface area (Å²) in [5.74, 6) is 0. The Morgan fingerprint density at radius 3 is 1.25 bits per heavy atom. The molecular weight excluding hydrogens is 444 g/mol. The number of nitrogen functional groups attached to an aromatic ring is 2. The predicted molar refractivity (Wildman–Crippen MR) is 149 cm³/mol. The van der Waals surface area contributed by atoms with Gasteiger partial charge in [-0.05, 0) is 82.6 Å². The summed E-state index contributed by atoms with van der Waals surface area (Å²) in [4.78, 5) is 0. The number of para-hydroxylation sites is 2. The van der Waals surface area contributed by atoms with Crippen molar-refractivity contribution in [3.63, 3.8) is 0 Å². The second kappa shape index (κ2) is 6.80. The summed E-state index contributed by atoms with van der Waals surface area (Å²) < 4.78 is 13.0. The molecule has 6 aromatic rings. The summed E-state index contributed by atoms with van der Waals surface area (Å²) in [5.41, 5.74) is 23.8. The fraction of sp³-hybridized carbons (Fsp3) is 0. The van der Waals surface area contributed by atoms with Crippen molar-refractivity contribution < 1.29 is 8.83 Å². The first-order chi connectivity index (χ1) is 17.7.